The van der Waals surface area contributed by atoms with Crippen molar-refractivity contribution in [2.45, 2.75) is 33.0 Å². The van der Waals surface area contributed by atoms with Crippen molar-refractivity contribution < 1.29 is 4.74 Å². The van der Waals surface area contributed by atoms with Gasteiger partial charge in [-0.25, -0.2) is 10.8 Å². The van der Waals surface area contributed by atoms with Gasteiger partial charge in [0.05, 0.1) is 18.4 Å². The lowest BCUT2D eigenvalue weighted by molar-refractivity contribution is 0.0489. The number of aromatic nitrogens is 1. The number of hydrazine groups is 1. The zero-order valence-corrected chi connectivity index (χ0v) is 8.66. The second-order valence-corrected chi connectivity index (χ2v) is 3.19. The molecule has 14 heavy (non-hydrogen) atoms. The highest BCUT2D eigenvalue weighted by Crippen LogP contribution is 2.06. The molecule has 0 spiro atoms. The Balaban J connectivity index is 2.50. The van der Waals surface area contributed by atoms with E-state index in [0.29, 0.717) is 12.4 Å². The molecular formula is C10H17N3O. The van der Waals surface area contributed by atoms with E-state index >= 15 is 0 Å². The Labute approximate surface area is 84.4 Å². The SMILES string of the molecule is CCC(C)OCc1cccc(NN)n1. The molecule has 1 atom stereocenters. The fraction of sp³-hybridized carbons (Fsp3) is 0.500. The molecule has 0 aromatic carbocycles. The quantitative estimate of drug-likeness (QED) is 0.554. The molecule has 78 valence electrons. The first kappa shape index (κ1) is 10.9. The van der Waals surface area contributed by atoms with Crippen molar-refractivity contribution in [2.75, 3.05) is 5.43 Å². The zero-order valence-electron chi connectivity index (χ0n) is 8.66. The van der Waals surface area contributed by atoms with Crippen LogP contribution in [0.25, 0.3) is 0 Å². The number of ether oxygens (including phenoxy) is 1. The van der Waals surface area contributed by atoms with Crippen molar-refractivity contribution in [2.24, 2.45) is 5.84 Å². The molecule has 0 radical (unpaired) electrons. The highest BCUT2D eigenvalue weighted by Gasteiger charge is 2.00. The van der Waals surface area contributed by atoms with Crippen LogP contribution in [0.1, 0.15) is 26.0 Å². The van der Waals surface area contributed by atoms with E-state index in [1.807, 2.05) is 25.1 Å². The predicted octanol–water partition coefficient (Wildman–Crippen LogP) is 1.68. The molecule has 0 fully saturated rings. The lowest BCUT2D eigenvalue weighted by Gasteiger charge is -2.10. The van der Waals surface area contributed by atoms with Crippen LogP contribution in [-0.4, -0.2) is 11.1 Å². The van der Waals surface area contributed by atoms with Gasteiger partial charge in [0.1, 0.15) is 5.82 Å². The van der Waals surface area contributed by atoms with Gasteiger partial charge in [-0.2, -0.15) is 0 Å². The molecule has 4 heteroatoms. The molecule has 0 aliphatic rings. The van der Waals surface area contributed by atoms with Gasteiger partial charge < -0.3 is 10.2 Å². The Morgan fingerprint density at radius 2 is 2.36 bits per heavy atom. The molecule has 0 aliphatic carbocycles. The molecule has 1 aromatic heterocycles. The summed E-state index contributed by atoms with van der Waals surface area (Å²) in [5.41, 5.74) is 3.39. The van der Waals surface area contributed by atoms with Crippen LogP contribution in [0.3, 0.4) is 0 Å². The summed E-state index contributed by atoms with van der Waals surface area (Å²) in [6.07, 6.45) is 1.28. The molecule has 3 N–H and O–H groups in total. The van der Waals surface area contributed by atoms with Crippen molar-refractivity contribution in [3.05, 3.63) is 23.9 Å². The summed E-state index contributed by atoms with van der Waals surface area (Å²) in [4.78, 5) is 4.24. The summed E-state index contributed by atoms with van der Waals surface area (Å²) < 4.78 is 5.55. The number of nitrogens with zero attached hydrogens (tertiary/aromatic N) is 1. The maximum atomic E-state index is 5.55. The molecule has 0 saturated carbocycles. The number of nitrogens with two attached hydrogens (primary N) is 1. The molecule has 1 aromatic rings. The fourth-order valence-electron chi connectivity index (χ4n) is 0.986. The predicted molar refractivity (Wildman–Crippen MR) is 56.6 cm³/mol. The first-order valence-corrected chi connectivity index (χ1v) is 4.80. The fourth-order valence-corrected chi connectivity index (χ4v) is 0.986. The van der Waals surface area contributed by atoms with E-state index in [4.69, 9.17) is 10.6 Å². The average Bonchev–Trinajstić information content (AvgIpc) is 2.26. The van der Waals surface area contributed by atoms with Crippen LogP contribution in [0.5, 0.6) is 0 Å². The van der Waals surface area contributed by atoms with Crippen LogP contribution < -0.4 is 11.3 Å². The molecule has 1 rings (SSSR count). The molecule has 0 saturated heterocycles. The number of pyridine rings is 1. The summed E-state index contributed by atoms with van der Waals surface area (Å²) in [6.45, 7) is 4.67. The average molecular weight is 195 g/mol. The lowest BCUT2D eigenvalue weighted by Crippen LogP contribution is -2.11. The lowest BCUT2D eigenvalue weighted by atomic mass is 10.3. The minimum absolute atomic E-state index is 0.270. The maximum Gasteiger partial charge on any atom is 0.140 e. The topological polar surface area (TPSA) is 60.2 Å². The number of hydrogen-bond donors (Lipinski definition) is 2. The number of rotatable bonds is 5. The van der Waals surface area contributed by atoms with Gasteiger partial charge in [0, 0.05) is 0 Å². The van der Waals surface area contributed by atoms with Gasteiger partial charge >= 0.3 is 0 Å². The van der Waals surface area contributed by atoms with Crippen LogP contribution >= 0.6 is 0 Å². The van der Waals surface area contributed by atoms with E-state index in [0.717, 1.165) is 12.1 Å². The Bertz CT molecular complexity index is 278. The molecule has 4 nitrogen and oxygen atoms in total. The molecule has 0 aliphatic heterocycles. The highest BCUT2D eigenvalue weighted by atomic mass is 16.5. The molecular weight excluding hydrogens is 178 g/mol. The maximum absolute atomic E-state index is 5.55. The third-order valence-electron chi connectivity index (χ3n) is 2.05. The first-order valence-electron chi connectivity index (χ1n) is 4.80. The zero-order chi connectivity index (χ0) is 10.4. The smallest absolute Gasteiger partial charge is 0.140 e. The third-order valence-corrected chi connectivity index (χ3v) is 2.05. The monoisotopic (exact) mass is 195 g/mol. The third kappa shape index (κ3) is 3.32. The van der Waals surface area contributed by atoms with Crippen molar-refractivity contribution in [1.29, 1.82) is 0 Å². The molecule has 1 heterocycles. The van der Waals surface area contributed by atoms with Gasteiger partial charge in [-0.1, -0.05) is 13.0 Å². The first-order chi connectivity index (χ1) is 6.76. The van der Waals surface area contributed by atoms with E-state index < -0.39 is 0 Å². The molecule has 0 amide bonds. The minimum Gasteiger partial charge on any atom is -0.372 e. The Morgan fingerprint density at radius 3 is 3.00 bits per heavy atom. The Hall–Kier alpha value is -1.13. The van der Waals surface area contributed by atoms with Gasteiger partial charge in [-0.05, 0) is 25.5 Å². The normalized spacial score (nSPS) is 12.5. The Kier molecular flexibility index (Phi) is 4.35. The number of nitrogens with one attached hydrogen (secondary N) is 1. The largest absolute Gasteiger partial charge is 0.372 e. The van der Waals surface area contributed by atoms with Crippen molar-refractivity contribution in [3.63, 3.8) is 0 Å². The summed E-state index contributed by atoms with van der Waals surface area (Å²) in [7, 11) is 0. The van der Waals surface area contributed by atoms with Crippen LogP contribution in [0.15, 0.2) is 18.2 Å². The van der Waals surface area contributed by atoms with Crippen LogP contribution in [0, 0.1) is 0 Å². The van der Waals surface area contributed by atoms with Gasteiger partial charge in [0.2, 0.25) is 0 Å². The van der Waals surface area contributed by atoms with E-state index in [-0.39, 0.29) is 6.10 Å². The summed E-state index contributed by atoms with van der Waals surface area (Å²) in [6, 6.07) is 5.63. The Morgan fingerprint density at radius 1 is 1.57 bits per heavy atom. The second kappa shape index (κ2) is 5.57. The van der Waals surface area contributed by atoms with Gasteiger partial charge in [-0.15, -0.1) is 0 Å². The van der Waals surface area contributed by atoms with Gasteiger partial charge in [0.25, 0.3) is 0 Å². The standard InChI is InChI=1S/C10H17N3O/c1-3-8(2)14-7-9-5-4-6-10(12-9)13-11/h4-6,8H,3,7,11H2,1-2H3,(H,12,13). The van der Waals surface area contributed by atoms with Crippen LogP contribution in [0.4, 0.5) is 5.82 Å². The van der Waals surface area contributed by atoms with Crippen LogP contribution in [0.2, 0.25) is 0 Å². The highest BCUT2D eigenvalue weighted by molar-refractivity contribution is 5.33. The van der Waals surface area contributed by atoms with Gasteiger partial charge in [-0.3, -0.25) is 0 Å². The molecule has 1 unspecified atom stereocenters. The van der Waals surface area contributed by atoms with Crippen molar-refractivity contribution in [1.82, 2.24) is 4.98 Å². The number of hydrogen-bond acceptors (Lipinski definition) is 4. The van der Waals surface area contributed by atoms with Crippen LogP contribution in [-0.2, 0) is 11.3 Å². The summed E-state index contributed by atoms with van der Waals surface area (Å²) in [5.74, 6) is 5.91. The number of anilines is 1. The van der Waals surface area contributed by atoms with E-state index in [2.05, 4.69) is 17.3 Å². The minimum atomic E-state index is 0.270. The van der Waals surface area contributed by atoms with E-state index in [1.165, 1.54) is 0 Å². The second-order valence-electron chi connectivity index (χ2n) is 3.19. The van der Waals surface area contributed by atoms with E-state index in [9.17, 15) is 0 Å². The summed E-state index contributed by atoms with van der Waals surface area (Å²) in [5, 5.41) is 0. The van der Waals surface area contributed by atoms with Crippen molar-refractivity contribution >= 4 is 5.82 Å². The van der Waals surface area contributed by atoms with Crippen molar-refractivity contribution in [3.8, 4) is 0 Å². The van der Waals surface area contributed by atoms with E-state index in [1.54, 1.807) is 0 Å². The number of nitrogen functional groups attached to an aromatic ring is 1. The summed E-state index contributed by atoms with van der Waals surface area (Å²) >= 11 is 0. The van der Waals surface area contributed by atoms with Gasteiger partial charge in [0.15, 0.2) is 0 Å². The molecule has 0 bridgehead atoms.